The van der Waals surface area contributed by atoms with Crippen molar-refractivity contribution in [3.63, 3.8) is 0 Å². The molecule has 1 amide bonds. The molecule has 3 heteroatoms. The average Bonchev–Trinajstić information content (AvgIpc) is 2.51. The van der Waals surface area contributed by atoms with Gasteiger partial charge in [-0.05, 0) is 55.0 Å². The second-order valence-electron chi connectivity index (χ2n) is 6.46. The number of amides is 1. The number of hydrogen-bond donors (Lipinski definition) is 1. The first-order valence-electron chi connectivity index (χ1n) is 8.03. The van der Waals surface area contributed by atoms with Crippen LogP contribution in [0.5, 0.6) is 0 Å². The summed E-state index contributed by atoms with van der Waals surface area (Å²) in [4.78, 5) is 12.5. The van der Waals surface area contributed by atoms with Gasteiger partial charge < -0.3 is 5.32 Å². The van der Waals surface area contributed by atoms with E-state index in [0.717, 1.165) is 23.2 Å². The van der Waals surface area contributed by atoms with Crippen molar-refractivity contribution in [3.8, 4) is 0 Å². The molecule has 0 aliphatic heterocycles. The van der Waals surface area contributed by atoms with Crippen molar-refractivity contribution in [2.45, 2.75) is 40.0 Å². The third-order valence-electron chi connectivity index (χ3n) is 4.04. The van der Waals surface area contributed by atoms with E-state index in [1.807, 2.05) is 44.2 Å². The number of anilines is 1. The lowest BCUT2D eigenvalue weighted by molar-refractivity contribution is -0.117. The Hall–Kier alpha value is -1.80. The Bertz CT molecular complexity index is 677. The normalized spacial score (nSPS) is 12.3. The fraction of sp³-hybridized carbons (Fsp3) is 0.350. The van der Waals surface area contributed by atoms with Gasteiger partial charge in [0.1, 0.15) is 0 Å². The molecule has 0 aromatic heterocycles. The topological polar surface area (TPSA) is 29.1 Å². The van der Waals surface area contributed by atoms with E-state index in [0.29, 0.717) is 10.9 Å². The number of nitrogens with one attached hydrogen (secondary N) is 1. The van der Waals surface area contributed by atoms with E-state index in [9.17, 15) is 4.79 Å². The molecule has 0 bridgehead atoms. The SMILES string of the molecule is Cc1c(Cl)cccc1NC(=O)C(C)c1ccc(CC(C)C)cc1. The van der Waals surface area contributed by atoms with Gasteiger partial charge in [0.05, 0.1) is 5.92 Å². The summed E-state index contributed by atoms with van der Waals surface area (Å²) in [5, 5.41) is 3.63. The van der Waals surface area contributed by atoms with Gasteiger partial charge in [-0.25, -0.2) is 0 Å². The van der Waals surface area contributed by atoms with Crippen LogP contribution in [0.2, 0.25) is 5.02 Å². The molecule has 0 aliphatic rings. The molecular formula is C20H24ClNO. The van der Waals surface area contributed by atoms with Gasteiger partial charge in [0, 0.05) is 10.7 Å². The van der Waals surface area contributed by atoms with Crippen LogP contribution in [0.3, 0.4) is 0 Å². The number of carbonyl (C=O) groups is 1. The van der Waals surface area contributed by atoms with E-state index in [-0.39, 0.29) is 11.8 Å². The summed E-state index contributed by atoms with van der Waals surface area (Å²) in [6.07, 6.45) is 1.06. The molecule has 1 N–H and O–H groups in total. The Morgan fingerprint density at radius 1 is 1.09 bits per heavy atom. The van der Waals surface area contributed by atoms with Crippen molar-refractivity contribution in [2.75, 3.05) is 5.32 Å². The molecular weight excluding hydrogens is 306 g/mol. The third kappa shape index (κ3) is 4.59. The largest absolute Gasteiger partial charge is 0.325 e. The molecule has 2 aromatic carbocycles. The molecule has 0 heterocycles. The van der Waals surface area contributed by atoms with Gasteiger partial charge in [0.15, 0.2) is 0 Å². The predicted octanol–water partition coefficient (Wildman–Crippen LogP) is 5.59. The Labute approximate surface area is 143 Å². The maximum absolute atomic E-state index is 12.5. The quantitative estimate of drug-likeness (QED) is 0.761. The van der Waals surface area contributed by atoms with Crippen LogP contribution in [-0.4, -0.2) is 5.91 Å². The number of rotatable bonds is 5. The first kappa shape index (κ1) is 17.6. The van der Waals surface area contributed by atoms with Crippen molar-refractivity contribution < 1.29 is 4.79 Å². The van der Waals surface area contributed by atoms with Gasteiger partial charge in [0.25, 0.3) is 0 Å². The van der Waals surface area contributed by atoms with Gasteiger partial charge in [0.2, 0.25) is 5.91 Å². The highest BCUT2D eigenvalue weighted by molar-refractivity contribution is 6.31. The molecule has 1 unspecified atom stereocenters. The minimum Gasteiger partial charge on any atom is -0.325 e. The van der Waals surface area contributed by atoms with Crippen molar-refractivity contribution >= 4 is 23.2 Å². The van der Waals surface area contributed by atoms with Crippen LogP contribution in [0, 0.1) is 12.8 Å². The highest BCUT2D eigenvalue weighted by Crippen LogP contribution is 2.25. The monoisotopic (exact) mass is 329 g/mol. The van der Waals surface area contributed by atoms with E-state index in [1.165, 1.54) is 5.56 Å². The maximum atomic E-state index is 12.5. The van der Waals surface area contributed by atoms with Crippen LogP contribution in [0.4, 0.5) is 5.69 Å². The molecule has 0 fully saturated rings. The molecule has 2 nitrogen and oxygen atoms in total. The molecule has 0 spiro atoms. The van der Waals surface area contributed by atoms with Gasteiger partial charge in [-0.2, -0.15) is 0 Å². The molecule has 23 heavy (non-hydrogen) atoms. The van der Waals surface area contributed by atoms with Gasteiger partial charge in [-0.15, -0.1) is 0 Å². The molecule has 0 radical (unpaired) electrons. The maximum Gasteiger partial charge on any atom is 0.231 e. The molecule has 2 aromatic rings. The summed E-state index contributed by atoms with van der Waals surface area (Å²) < 4.78 is 0. The zero-order chi connectivity index (χ0) is 17.0. The molecule has 122 valence electrons. The molecule has 1 atom stereocenters. The first-order chi connectivity index (χ1) is 10.9. The first-order valence-corrected chi connectivity index (χ1v) is 8.41. The summed E-state index contributed by atoms with van der Waals surface area (Å²) in [6, 6.07) is 13.9. The molecule has 0 saturated carbocycles. The summed E-state index contributed by atoms with van der Waals surface area (Å²) in [5.41, 5.74) is 3.99. The molecule has 0 saturated heterocycles. The van der Waals surface area contributed by atoms with Crippen molar-refractivity contribution in [1.29, 1.82) is 0 Å². The lowest BCUT2D eigenvalue weighted by Gasteiger charge is -2.15. The highest BCUT2D eigenvalue weighted by atomic mass is 35.5. The van der Waals surface area contributed by atoms with E-state index in [1.54, 1.807) is 0 Å². The predicted molar refractivity (Wildman–Crippen MR) is 98.2 cm³/mol. The van der Waals surface area contributed by atoms with Crippen LogP contribution in [0.25, 0.3) is 0 Å². The van der Waals surface area contributed by atoms with E-state index in [4.69, 9.17) is 11.6 Å². The molecule has 0 aliphatic carbocycles. The van der Waals surface area contributed by atoms with Gasteiger partial charge in [-0.1, -0.05) is 55.8 Å². The minimum atomic E-state index is -0.207. The van der Waals surface area contributed by atoms with Gasteiger partial charge >= 0.3 is 0 Å². The fourth-order valence-electron chi connectivity index (χ4n) is 2.55. The van der Waals surface area contributed by atoms with Crippen molar-refractivity contribution in [2.24, 2.45) is 5.92 Å². The second kappa shape index (κ2) is 7.65. The summed E-state index contributed by atoms with van der Waals surface area (Å²) >= 11 is 6.10. The number of carbonyl (C=O) groups excluding carboxylic acids is 1. The molecule has 2 rings (SSSR count). The van der Waals surface area contributed by atoms with Crippen LogP contribution in [0.1, 0.15) is 43.4 Å². The standard InChI is InChI=1S/C20H24ClNO/c1-13(2)12-16-8-10-17(11-9-16)14(3)20(23)22-19-7-5-6-18(21)15(19)4/h5-11,13-14H,12H2,1-4H3,(H,22,23). The Morgan fingerprint density at radius 2 is 1.74 bits per heavy atom. The lowest BCUT2D eigenvalue weighted by Crippen LogP contribution is -2.19. The van der Waals surface area contributed by atoms with Crippen molar-refractivity contribution in [1.82, 2.24) is 0 Å². The Morgan fingerprint density at radius 3 is 2.35 bits per heavy atom. The van der Waals surface area contributed by atoms with Crippen LogP contribution in [0.15, 0.2) is 42.5 Å². The number of hydrogen-bond acceptors (Lipinski definition) is 1. The van der Waals surface area contributed by atoms with Crippen LogP contribution < -0.4 is 5.32 Å². The Balaban J connectivity index is 2.08. The number of benzene rings is 2. The van der Waals surface area contributed by atoms with Crippen molar-refractivity contribution in [3.05, 3.63) is 64.2 Å². The fourth-order valence-corrected chi connectivity index (χ4v) is 2.72. The van der Waals surface area contributed by atoms with E-state index >= 15 is 0 Å². The summed E-state index contributed by atoms with van der Waals surface area (Å²) in [7, 11) is 0. The van der Waals surface area contributed by atoms with Gasteiger partial charge in [-0.3, -0.25) is 4.79 Å². The van der Waals surface area contributed by atoms with E-state index in [2.05, 4.69) is 31.3 Å². The zero-order valence-electron chi connectivity index (χ0n) is 14.2. The number of halogens is 1. The summed E-state index contributed by atoms with van der Waals surface area (Å²) in [6.45, 7) is 8.24. The lowest BCUT2D eigenvalue weighted by atomic mass is 9.96. The zero-order valence-corrected chi connectivity index (χ0v) is 14.9. The Kier molecular flexibility index (Phi) is 5.84. The average molecular weight is 330 g/mol. The highest BCUT2D eigenvalue weighted by Gasteiger charge is 2.16. The summed E-state index contributed by atoms with van der Waals surface area (Å²) in [5.74, 6) is 0.404. The minimum absolute atomic E-state index is 0.0213. The smallest absolute Gasteiger partial charge is 0.231 e. The third-order valence-corrected chi connectivity index (χ3v) is 4.45. The van der Waals surface area contributed by atoms with E-state index < -0.39 is 0 Å². The van der Waals surface area contributed by atoms with Crippen LogP contribution >= 0.6 is 11.6 Å². The second-order valence-corrected chi connectivity index (χ2v) is 6.87. The van der Waals surface area contributed by atoms with Crippen LogP contribution in [-0.2, 0) is 11.2 Å².